The Labute approximate surface area is 140 Å². The van der Waals surface area contributed by atoms with Gasteiger partial charge in [0.05, 0.1) is 6.04 Å². The number of carbonyl (C=O) groups excluding carboxylic acids is 1. The minimum atomic E-state index is -0.500. The van der Waals surface area contributed by atoms with Gasteiger partial charge in [0.15, 0.2) is 0 Å². The second kappa shape index (κ2) is 10.0. The highest BCUT2D eigenvalue weighted by molar-refractivity contribution is 5.85. The molecule has 1 aromatic rings. The fourth-order valence-corrected chi connectivity index (χ4v) is 1.55. The molecule has 0 fully saturated rings. The van der Waals surface area contributed by atoms with Crippen molar-refractivity contribution in [1.82, 2.24) is 10.2 Å². The van der Waals surface area contributed by atoms with Crippen LogP contribution in [0.15, 0.2) is 30.3 Å². The van der Waals surface area contributed by atoms with Gasteiger partial charge in [0.1, 0.15) is 0 Å². The van der Waals surface area contributed by atoms with Crippen LogP contribution in [0, 0.1) is 0 Å². The summed E-state index contributed by atoms with van der Waals surface area (Å²) in [6.07, 6.45) is 0.565. The first kappa shape index (κ1) is 22.5. The highest BCUT2D eigenvalue weighted by Gasteiger charge is 2.22. The minimum Gasteiger partial charge on any atom is -0.353 e. The van der Waals surface area contributed by atoms with Crippen LogP contribution in [-0.2, 0) is 11.2 Å². The maximum absolute atomic E-state index is 12.0. The molecule has 1 atom stereocenters. The van der Waals surface area contributed by atoms with Crippen LogP contribution in [0.4, 0.5) is 0 Å². The molecule has 1 rings (SSSR count). The molecule has 0 saturated heterocycles. The lowest BCUT2D eigenvalue weighted by Gasteiger charge is -2.33. The first-order valence-electron chi connectivity index (χ1n) is 6.57. The van der Waals surface area contributed by atoms with Gasteiger partial charge in [-0.05, 0) is 39.9 Å². The zero-order valence-electron chi connectivity index (χ0n) is 13.1. The van der Waals surface area contributed by atoms with Crippen molar-refractivity contribution in [3.63, 3.8) is 0 Å². The molecule has 0 heterocycles. The number of hydrogen-bond acceptors (Lipinski definition) is 3. The zero-order valence-corrected chi connectivity index (χ0v) is 14.8. The number of nitrogens with zero attached hydrogens (tertiary/aromatic N) is 1. The van der Waals surface area contributed by atoms with E-state index in [2.05, 4.69) is 24.1 Å². The van der Waals surface area contributed by atoms with Crippen LogP contribution in [0.25, 0.3) is 0 Å². The third kappa shape index (κ3) is 7.67. The predicted molar refractivity (Wildman–Crippen MR) is 93.4 cm³/mol. The third-order valence-corrected chi connectivity index (χ3v) is 3.54. The molecule has 4 nitrogen and oxygen atoms in total. The number of carbonyl (C=O) groups is 1. The van der Waals surface area contributed by atoms with Crippen molar-refractivity contribution in [3.8, 4) is 0 Å². The summed E-state index contributed by atoms with van der Waals surface area (Å²) in [6.45, 7) is 4.74. The van der Waals surface area contributed by atoms with Crippen molar-refractivity contribution in [2.24, 2.45) is 5.73 Å². The number of halogens is 2. The van der Waals surface area contributed by atoms with E-state index in [0.29, 0.717) is 13.0 Å². The Morgan fingerprint density at radius 2 is 1.76 bits per heavy atom. The lowest BCUT2D eigenvalue weighted by molar-refractivity contribution is -0.122. The van der Waals surface area contributed by atoms with Gasteiger partial charge in [-0.3, -0.25) is 4.79 Å². The molecule has 0 aliphatic rings. The molecule has 0 radical (unpaired) electrons. The van der Waals surface area contributed by atoms with Crippen molar-refractivity contribution in [2.75, 3.05) is 20.6 Å². The summed E-state index contributed by atoms with van der Waals surface area (Å²) in [5.74, 6) is -0.0984. The van der Waals surface area contributed by atoms with Crippen LogP contribution in [0.3, 0.4) is 0 Å². The first-order valence-corrected chi connectivity index (χ1v) is 6.57. The normalized spacial score (nSPS) is 12.1. The summed E-state index contributed by atoms with van der Waals surface area (Å²) in [4.78, 5) is 14.0. The van der Waals surface area contributed by atoms with Gasteiger partial charge in [-0.2, -0.15) is 0 Å². The van der Waals surface area contributed by atoms with Crippen molar-refractivity contribution < 1.29 is 4.79 Å². The summed E-state index contributed by atoms with van der Waals surface area (Å²) in [5, 5.41) is 2.92. The minimum absolute atomic E-state index is 0. The quantitative estimate of drug-likeness (QED) is 0.834. The van der Waals surface area contributed by atoms with E-state index < -0.39 is 6.04 Å². The van der Waals surface area contributed by atoms with Gasteiger partial charge in [-0.25, -0.2) is 0 Å². The number of nitrogens with one attached hydrogen (secondary N) is 1. The molecule has 21 heavy (non-hydrogen) atoms. The number of likely N-dealkylation sites (N-methyl/N-ethyl adjacent to an activating group) is 1. The molecule has 0 spiro atoms. The molecule has 3 N–H and O–H groups in total. The van der Waals surface area contributed by atoms with Crippen LogP contribution in [0.1, 0.15) is 19.4 Å². The Hall–Kier alpha value is -0.810. The van der Waals surface area contributed by atoms with E-state index in [4.69, 9.17) is 5.73 Å². The van der Waals surface area contributed by atoms with E-state index in [1.54, 1.807) is 0 Å². The van der Waals surface area contributed by atoms with Crippen LogP contribution in [0.2, 0.25) is 0 Å². The Morgan fingerprint density at radius 1 is 1.24 bits per heavy atom. The standard InChI is InChI=1S/C15H25N3O.2ClH/c1-15(2,18(3)4)11-17-14(19)13(16)10-12-8-6-5-7-9-12;;/h5-9,13H,10-11,16H2,1-4H3,(H,17,19);2*1H. The molecule has 0 aliphatic carbocycles. The van der Waals surface area contributed by atoms with Crippen LogP contribution in [-0.4, -0.2) is 43.0 Å². The van der Waals surface area contributed by atoms with Crippen molar-refractivity contribution in [3.05, 3.63) is 35.9 Å². The van der Waals surface area contributed by atoms with Crippen LogP contribution in [0.5, 0.6) is 0 Å². The summed E-state index contributed by atoms with van der Waals surface area (Å²) in [5.41, 5.74) is 6.93. The molecule has 0 bridgehead atoms. The summed E-state index contributed by atoms with van der Waals surface area (Å²) in [7, 11) is 3.99. The lowest BCUT2D eigenvalue weighted by Crippen LogP contribution is -2.51. The average Bonchev–Trinajstić information content (AvgIpc) is 2.37. The second-order valence-electron chi connectivity index (χ2n) is 5.72. The maximum Gasteiger partial charge on any atom is 0.237 e. The molecule has 6 heteroatoms. The smallest absolute Gasteiger partial charge is 0.237 e. The largest absolute Gasteiger partial charge is 0.353 e. The molecule has 1 unspecified atom stereocenters. The van der Waals surface area contributed by atoms with Gasteiger partial charge in [-0.15, -0.1) is 24.8 Å². The fraction of sp³-hybridized carbons (Fsp3) is 0.533. The van der Waals surface area contributed by atoms with E-state index in [-0.39, 0.29) is 36.3 Å². The van der Waals surface area contributed by atoms with Gasteiger partial charge in [-0.1, -0.05) is 30.3 Å². The average molecular weight is 336 g/mol. The van der Waals surface area contributed by atoms with E-state index in [1.807, 2.05) is 44.4 Å². The number of amides is 1. The van der Waals surface area contributed by atoms with Crippen molar-refractivity contribution in [2.45, 2.75) is 31.8 Å². The number of hydrogen-bond donors (Lipinski definition) is 2. The Bertz CT molecular complexity index is 411. The molecule has 1 aromatic carbocycles. The first-order chi connectivity index (χ1) is 8.83. The van der Waals surface area contributed by atoms with E-state index in [9.17, 15) is 4.79 Å². The highest BCUT2D eigenvalue weighted by atomic mass is 35.5. The third-order valence-electron chi connectivity index (χ3n) is 3.54. The number of nitrogens with two attached hydrogens (primary N) is 1. The SMILES string of the molecule is CN(C)C(C)(C)CNC(=O)C(N)Cc1ccccc1.Cl.Cl. The summed E-state index contributed by atoms with van der Waals surface area (Å²) >= 11 is 0. The maximum atomic E-state index is 12.0. The lowest BCUT2D eigenvalue weighted by atomic mass is 10.0. The molecule has 1 amide bonds. The van der Waals surface area contributed by atoms with Gasteiger partial charge in [0, 0.05) is 12.1 Å². The van der Waals surface area contributed by atoms with Crippen molar-refractivity contribution in [1.29, 1.82) is 0 Å². The van der Waals surface area contributed by atoms with Crippen LogP contribution >= 0.6 is 24.8 Å². The van der Waals surface area contributed by atoms with Gasteiger partial charge >= 0.3 is 0 Å². The molecule has 0 aliphatic heterocycles. The Balaban J connectivity index is 0. The van der Waals surface area contributed by atoms with E-state index in [0.717, 1.165) is 5.56 Å². The van der Waals surface area contributed by atoms with Gasteiger partial charge in [0.2, 0.25) is 5.91 Å². The van der Waals surface area contributed by atoms with Gasteiger partial charge < -0.3 is 16.0 Å². The highest BCUT2D eigenvalue weighted by Crippen LogP contribution is 2.08. The molecule has 0 saturated carbocycles. The van der Waals surface area contributed by atoms with Crippen LogP contribution < -0.4 is 11.1 Å². The summed E-state index contributed by atoms with van der Waals surface area (Å²) in [6, 6.07) is 9.33. The number of benzene rings is 1. The fourth-order valence-electron chi connectivity index (χ4n) is 1.55. The Morgan fingerprint density at radius 3 is 2.24 bits per heavy atom. The molecular weight excluding hydrogens is 309 g/mol. The molecule has 0 aromatic heterocycles. The summed E-state index contributed by atoms with van der Waals surface area (Å²) < 4.78 is 0. The van der Waals surface area contributed by atoms with E-state index in [1.165, 1.54) is 0 Å². The zero-order chi connectivity index (χ0) is 14.5. The topological polar surface area (TPSA) is 58.4 Å². The molecular formula is C15H27Cl2N3O. The van der Waals surface area contributed by atoms with Gasteiger partial charge in [0.25, 0.3) is 0 Å². The van der Waals surface area contributed by atoms with Crippen molar-refractivity contribution >= 4 is 30.7 Å². The molecule has 122 valence electrons. The number of rotatable bonds is 6. The van der Waals surface area contributed by atoms with E-state index >= 15 is 0 Å². The second-order valence-corrected chi connectivity index (χ2v) is 5.72. The Kier molecular flexibility index (Phi) is 10.7. The predicted octanol–water partition coefficient (Wildman–Crippen LogP) is 1.86. The monoisotopic (exact) mass is 335 g/mol.